The van der Waals surface area contributed by atoms with E-state index in [0.29, 0.717) is 6.10 Å². The third-order valence-corrected chi connectivity index (χ3v) is 5.27. The van der Waals surface area contributed by atoms with Crippen molar-refractivity contribution in [3.05, 3.63) is 0 Å². The monoisotopic (exact) mass is 288 g/mol. The van der Waals surface area contributed by atoms with Crippen LogP contribution in [0, 0.1) is 0 Å². The summed E-state index contributed by atoms with van der Waals surface area (Å²) in [6.07, 6.45) is 11.9. The minimum absolute atomic E-state index is 0.353. The van der Waals surface area contributed by atoms with Crippen molar-refractivity contribution in [2.75, 3.05) is 6.61 Å². The van der Waals surface area contributed by atoms with E-state index in [9.17, 15) is 0 Å². The average Bonchev–Trinajstić information content (AvgIpc) is 2.34. The van der Waals surface area contributed by atoms with Crippen LogP contribution in [0.5, 0.6) is 0 Å². The van der Waals surface area contributed by atoms with Crippen LogP contribution >= 0.6 is 0 Å². The third-order valence-electron chi connectivity index (χ3n) is 3.40. The summed E-state index contributed by atoms with van der Waals surface area (Å²) >= 11 is 0. The summed E-state index contributed by atoms with van der Waals surface area (Å²) in [6.45, 7) is 11.9. The molecule has 0 amide bonds. The van der Waals surface area contributed by atoms with Gasteiger partial charge in [0.2, 0.25) is 0 Å². The summed E-state index contributed by atoms with van der Waals surface area (Å²) in [5.41, 5.74) is 0. The smallest absolute Gasteiger partial charge is 0.331 e. The molecule has 19 heavy (non-hydrogen) atoms. The SMILES string of the molecule is CCCCCCCCO[Si](C)(C)OC(C)CCCC. The normalized spacial score (nSPS) is 13.7. The van der Waals surface area contributed by atoms with Crippen LogP contribution in [-0.4, -0.2) is 21.3 Å². The molecule has 0 aliphatic rings. The lowest BCUT2D eigenvalue weighted by atomic mass is 10.1. The van der Waals surface area contributed by atoms with E-state index >= 15 is 0 Å². The van der Waals surface area contributed by atoms with Crippen molar-refractivity contribution >= 4 is 8.56 Å². The molecule has 0 aliphatic heterocycles. The Morgan fingerprint density at radius 1 is 0.842 bits per heavy atom. The Balaban J connectivity index is 3.55. The zero-order valence-corrected chi connectivity index (χ0v) is 15.0. The molecule has 1 unspecified atom stereocenters. The summed E-state index contributed by atoms with van der Waals surface area (Å²) < 4.78 is 12.1. The van der Waals surface area contributed by atoms with Gasteiger partial charge in [0.1, 0.15) is 0 Å². The highest BCUT2D eigenvalue weighted by Gasteiger charge is 2.26. The lowest BCUT2D eigenvalue weighted by Gasteiger charge is -2.27. The van der Waals surface area contributed by atoms with Gasteiger partial charge in [-0.1, -0.05) is 58.8 Å². The van der Waals surface area contributed by atoms with Gasteiger partial charge in [-0.3, -0.25) is 0 Å². The van der Waals surface area contributed by atoms with E-state index in [1.807, 2.05) is 0 Å². The van der Waals surface area contributed by atoms with Crippen LogP contribution in [0.1, 0.15) is 78.6 Å². The van der Waals surface area contributed by atoms with Gasteiger partial charge in [-0.15, -0.1) is 0 Å². The van der Waals surface area contributed by atoms with Crippen LogP contribution < -0.4 is 0 Å². The van der Waals surface area contributed by atoms with Crippen LogP contribution in [0.2, 0.25) is 13.1 Å². The van der Waals surface area contributed by atoms with Crippen molar-refractivity contribution in [1.29, 1.82) is 0 Å². The molecule has 0 N–H and O–H groups in total. The van der Waals surface area contributed by atoms with Crippen LogP contribution in [-0.2, 0) is 8.85 Å². The fourth-order valence-corrected chi connectivity index (χ4v) is 4.06. The van der Waals surface area contributed by atoms with Gasteiger partial charge in [0, 0.05) is 12.7 Å². The number of hydrogen-bond acceptors (Lipinski definition) is 2. The molecule has 0 fully saturated rings. The largest absolute Gasteiger partial charge is 0.395 e. The van der Waals surface area contributed by atoms with E-state index in [2.05, 4.69) is 33.9 Å². The lowest BCUT2D eigenvalue weighted by Crippen LogP contribution is -2.38. The van der Waals surface area contributed by atoms with E-state index < -0.39 is 8.56 Å². The summed E-state index contributed by atoms with van der Waals surface area (Å²) in [4.78, 5) is 0. The second-order valence-electron chi connectivity index (χ2n) is 6.09. The zero-order valence-electron chi connectivity index (χ0n) is 14.0. The Kier molecular flexibility index (Phi) is 12.0. The van der Waals surface area contributed by atoms with Gasteiger partial charge in [0.25, 0.3) is 0 Å². The topological polar surface area (TPSA) is 18.5 Å². The van der Waals surface area contributed by atoms with Gasteiger partial charge in [-0.05, 0) is 32.9 Å². The average molecular weight is 289 g/mol. The summed E-state index contributed by atoms with van der Waals surface area (Å²) in [5.74, 6) is 0. The van der Waals surface area contributed by atoms with Gasteiger partial charge in [-0.25, -0.2) is 0 Å². The first kappa shape index (κ1) is 19.1. The quantitative estimate of drug-likeness (QED) is 0.321. The second kappa shape index (κ2) is 11.9. The fraction of sp³-hybridized carbons (Fsp3) is 1.00. The highest BCUT2D eigenvalue weighted by molar-refractivity contribution is 6.64. The molecular formula is C16H36O2Si. The summed E-state index contributed by atoms with van der Waals surface area (Å²) in [5, 5.41) is 0. The van der Waals surface area contributed by atoms with Crippen molar-refractivity contribution < 1.29 is 8.85 Å². The summed E-state index contributed by atoms with van der Waals surface area (Å²) in [7, 11) is -1.89. The highest BCUT2D eigenvalue weighted by Crippen LogP contribution is 2.15. The van der Waals surface area contributed by atoms with Crippen molar-refractivity contribution in [1.82, 2.24) is 0 Å². The Labute approximate surface area is 122 Å². The maximum atomic E-state index is 6.10. The second-order valence-corrected chi connectivity index (χ2v) is 9.41. The predicted octanol–water partition coefficient (Wildman–Crippen LogP) is 5.66. The molecule has 0 aromatic carbocycles. The maximum absolute atomic E-state index is 6.10. The van der Waals surface area contributed by atoms with E-state index in [-0.39, 0.29) is 0 Å². The lowest BCUT2D eigenvalue weighted by molar-refractivity contribution is 0.122. The molecule has 2 nitrogen and oxygen atoms in total. The standard InChI is InChI=1S/C16H36O2Si/c1-6-8-10-11-12-13-15-17-19(4,5)18-16(3)14-9-7-2/h16H,6-15H2,1-5H3. The van der Waals surface area contributed by atoms with Crippen molar-refractivity contribution in [2.24, 2.45) is 0 Å². The van der Waals surface area contributed by atoms with Crippen molar-refractivity contribution in [2.45, 2.75) is 97.8 Å². The molecule has 0 spiro atoms. The molecule has 116 valence electrons. The number of rotatable bonds is 13. The molecule has 0 aromatic rings. The molecular weight excluding hydrogens is 252 g/mol. The van der Waals surface area contributed by atoms with Gasteiger partial charge in [0.15, 0.2) is 0 Å². The van der Waals surface area contributed by atoms with Crippen molar-refractivity contribution in [3.63, 3.8) is 0 Å². The number of unbranched alkanes of at least 4 members (excludes halogenated alkanes) is 6. The molecule has 3 heteroatoms. The van der Waals surface area contributed by atoms with E-state index in [4.69, 9.17) is 8.85 Å². The van der Waals surface area contributed by atoms with E-state index in [0.717, 1.165) is 13.0 Å². The molecule has 0 aliphatic carbocycles. The first-order chi connectivity index (χ1) is 9.02. The summed E-state index contributed by atoms with van der Waals surface area (Å²) in [6, 6.07) is 0. The van der Waals surface area contributed by atoms with Gasteiger partial charge in [-0.2, -0.15) is 0 Å². The predicted molar refractivity (Wildman–Crippen MR) is 86.9 cm³/mol. The molecule has 0 radical (unpaired) electrons. The van der Waals surface area contributed by atoms with E-state index in [1.165, 1.54) is 51.4 Å². The number of hydrogen-bond donors (Lipinski definition) is 0. The molecule has 1 atom stereocenters. The molecule has 0 aromatic heterocycles. The maximum Gasteiger partial charge on any atom is 0.331 e. The third kappa shape index (κ3) is 12.9. The van der Waals surface area contributed by atoms with Gasteiger partial charge < -0.3 is 8.85 Å². The minimum Gasteiger partial charge on any atom is -0.395 e. The van der Waals surface area contributed by atoms with Crippen LogP contribution in [0.4, 0.5) is 0 Å². The van der Waals surface area contributed by atoms with E-state index in [1.54, 1.807) is 0 Å². The van der Waals surface area contributed by atoms with Crippen molar-refractivity contribution in [3.8, 4) is 0 Å². The Hall–Kier alpha value is 0.137. The Morgan fingerprint density at radius 3 is 2.05 bits per heavy atom. The highest BCUT2D eigenvalue weighted by atomic mass is 28.4. The first-order valence-corrected chi connectivity index (χ1v) is 11.1. The molecule has 0 rings (SSSR count). The van der Waals surface area contributed by atoms with Gasteiger partial charge in [0.05, 0.1) is 0 Å². The first-order valence-electron chi connectivity index (χ1n) is 8.33. The van der Waals surface area contributed by atoms with Crippen LogP contribution in [0.3, 0.4) is 0 Å². The van der Waals surface area contributed by atoms with Crippen LogP contribution in [0.15, 0.2) is 0 Å². The Morgan fingerprint density at radius 2 is 1.42 bits per heavy atom. The minimum atomic E-state index is -1.89. The molecule has 0 saturated carbocycles. The van der Waals surface area contributed by atoms with Gasteiger partial charge >= 0.3 is 8.56 Å². The molecule has 0 saturated heterocycles. The fourth-order valence-electron chi connectivity index (χ4n) is 2.27. The zero-order chi connectivity index (χ0) is 14.6. The molecule has 0 bridgehead atoms. The molecule has 0 heterocycles. The Bertz CT molecular complexity index is 195. The van der Waals surface area contributed by atoms with Crippen LogP contribution in [0.25, 0.3) is 0 Å².